The predicted octanol–water partition coefficient (Wildman–Crippen LogP) is -0.450. The summed E-state index contributed by atoms with van der Waals surface area (Å²) in [4.78, 5) is 0. The van der Waals surface area contributed by atoms with Gasteiger partial charge in [0.05, 0.1) is 40.0 Å². The van der Waals surface area contributed by atoms with Crippen LogP contribution in [-0.2, 0) is 9.47 Å². The molecule has 4 nitrogen and oxygen atoms in total. The number of quaternary nitrogens is 1. The highest BCUT2D eigenvalue weighted by Gasteiger charge is 2.40. The van der Waals surface area contributed by atoms with E-state index in [9.17, 15) is 5.11 Å². The fourth-order valence-electron chi connectivity index (χ4n) is 3.87. The third-order valence-electron chi connectivity index (χ3n) is 5.26. The van der Waals surface area contributed by atoms with E-state index in [4.69, 9.17) is 9.47 Å². The Balaban J connectivity index is 0.00000484. The van der Waals surface area contributed by atoms with E-state index in [-0.39, 0.29) is 30.7 Å². The molecule has 0 aromatic carbocycles. The van der Waals surface area contributed by atoms with Gasteiger partial charge >= 0.3 is 0 Å². The zero-order valence-electron chi connectivity index (χ0n) is 16.1. The van der Waals surface area contributed by atoms with E-state index >= 15 is 0 Å². The molecule has 0 saturated carbocycles. The van der Waals surface area contributed by atoms with E-state index in [1.807, 2.05) is 0 Å². The van der Waals surface area contributed by atoms with Gasteiger partial charge in [-0.1, -0.05) is 27.2 Å². The van der Waals surface area contributed by atoms with Gasteiger partial charge in [-0.25, -0.2) is 0 Å². The van der Waals surface area contributed by atoms with E-state index in [1.54, 1.807) is 7.11 Å². The first-order valence-electron chi connectivity index (χ1n) is 8.82. The maximum atomic E-state index is 10.3. The standard InChI is InChI=1S/C18H38NO3.ClH/c1-8-16-13(2)14(3)18(12-21-7)22-17(16)10-9-15(20)11-19(4,5)6;/h13-18,20H,8-12H2,1-7H3;1H/q+1;/p-1. The largest absolute Gasteiger partial charge is 1.00 e. The minimum atomic E-state index is -0.253. The number of rotatable bonds is 8. The predicted molar refractivity (Wildman–Crippen MR) is 90.8 cm³/mol. The summed E-state index contributed by atoms with van der Waals surface area (Å²) in [7, 11) is 8.10. The first-order chi connectivity index (χ1) is 10.2. The van der Waals surface area contributed by atoms with Gasteiger partial charge in [-0.05, 0) is 30.6 Å². The molecule has 0 aromatic rings. The zero-order chi connectivity index (χ0) is 16.9. The van der Waals surface area contributed by atoms with Crippen LogP contribution in [-0.4, -0.2) is 69.3 Å². The molecule has 0 radical (unpaired) electrons. The molecule has 0 aliphatic carbocycles. The summed E-state index contributed by atoms with van der Waals surface area (Å²) < 4.78 is 12.5. The first kappa shape index (κ1) is 23.1. The van der Waals surface area contributed by atoms with Crippen LogP contribution in [0.2, 0.25) is 0 Å². The molecule has 6 atom stereocenters. The van der Waals surface area contributed by atoms with Gasteiger partial charge in [0.25, 0.3) is 0 Å². The van der Waals surface area contributed by atoms with Gasteiger partial charge in [0, 0.05) is 7.11 Å². The van der Waals surface area contributed by atoms with Gasteiger partial charge in [0.2, 0.25) is 0 Å². The lowest BCUT2D eigenvalue weighted by Crippen LogP contribution is -3.00. The van der Waals surface area contributed by atoms with Crippen molar-refractivity contribution in [3.63, 3.8) is 0 Å². The Morgan fingerprint density at radius 1 is 1.13 bits per heavy atom. The molecule has 6 unspecified atom stereocenters. The number of aliphatic hydroxyl groups is 1. The fourth-order valence-corrected chi connectivity index (χ4v) is 3.87. The average Bonchev–Trinajstić information content (AvgIpc) is 2.40. The van der Waals surface area contributed by atoms with Crippen molar-refractivity contribution in [2.24, 2.45) is 17.8 Å². The average molecular weight is 352 g/mol. The molecule has 1 rings (SSSR count). The highest BCUT2D eigenvalue weighted by Crippen LogP contribution is 2.38. The van der Waals surface area contributed by atoms with Crippen LogP contribution in [0.1, 0.15) is 40.0 Å². The van der Waals surface area contributed by atoms with Gasteiger partial charge < -0.3 is 31.5 Å². The SMILES string of the molecule is CCC1C(CCC(O)C[N+](C)(C)C)OC(COC)C(C)C1C.[Cl-]. The summed E-state index contributed by atoms with van der Waals surface area (Å²) in [5, 5.41) is 10.3. The molecular weight excluding hydrogens is 314 g/mol. The topological polar surface area (TPSA) is 38.7 Å². The van der Waals surface area contributed by atoms with Crippen LogP contribution in [0.4, 0.5) is 0 Å². The van der Waals surface area contributed by atoms with Gasteiger partial charge in [0.15, 0.2) is 0 Å². The second kappa shape index (κ2) is 10.2. The Kier molecular flexibility index (Phi) is 10.3. The molecule has 5 heteroatoms. The lowest BCUT2D eigenvalue weighted by atomic mass is 9.73. The normalized spacial score (nSPS) is 33.1. The fraction of sp³-hybridized carbons (Fsp3) is 1.00. The van der Waals surface area contributed by atoms with E-state index in [0.29, 0.717) is 24.4 Å². The highest BCUT2D eigenvalue weighted by atomic mass is 35.5. The molecule has 0 bridgehead atoms. The molecule has 1 N–H and O–H groups in total. The van der Waals surface area contributed by atoms with Crippen LogP contribution in [0.3, 0.4) is 0 Å². The van der Waals surface area contributed by atoms with Gasteiger partial charge in [-0.2, -0.15) is 0 Å². The summed E-state index contributed by atoms with van der Waals surface area (Å²) in [6.45, 7) is 8.33. The summed E-state index contributed by atoms with van der Waals surface area (Å²) in [5.74, 6) is 1.75. The molecule has 1 fully saturated rings. The molecule has 23 heavy (non-hydrogen) atoms. The van der Waals surface area contributed by atoms with E-state index in [0.717, 1.165) is 30.3 Å². The number of nitrogens with zero attached hydrogens (tertiary/aromatic N) is 1. The number of hydrogen-bond acceptors (Lipinski definition) is 3. The smallest absolute Gasteiger partial charge is 0.104 e. The van der Waals surface area contributed by atoms with E-state index in [1.165, 1.54) is 0 Å². The Bertz CT molecular complexity index is 320. The zero-order valence-corrected chi connectivity index (χ0v) is 16.8. The van der Waals surface area contributed by atoms with Gasteiger partial charge in [-0.3, -0.25) is 0 Å². The minimum absolute atomic E-state index is 0. The van der Waals surface area contributed by atoms with Crippen molar-refractivity contribution in [3.05, 3.63) is 0 Å². The molecule has 140 valence electrons. The number of likely N-dealkylation sites (N-methyl/N-ethyl adjacent to an activating group) is 1. The highest BCUT2D eigenvalue weighted by molar-refractivity contribution is 4.87. The van der Waals surface area contributed by atoms with Crippen LogP contribution in [0.5, 0.6) is 0 Å². The third kappa shape index (κ3) is 7.27. The molecule has 1 heterocycles. The Morgan fingerprint density at radius 3 is 2.22 bits per heavy atom. The van der Waals surface area contributed by atoms with E-state index in [2.05, 4.69) is 41.9 Å². The van der Waals surface area contributed by atoms with Crippen LogP contribution >= 0.6 is 0 Å². The van der Waals surface area contributed by atoms with Crippen LogP contribution in [0.25, 0.3) is 0 Å². The number of halogens is 1. The number of ether oxygens (including phenoxy) is 2. The molecule has 0 aromatic heterocycles. The monoisotopic (exact) mass is 351 g/mol. The van der Waals surface area contributed by atoms with Crippen molar-refractivity contribution >= 4 is 0 Å². The van der Waals surface area contributed by atoms with Crippen molar-refractivity contribution in [2.75, 3.05) is 41.4 Å². The molecule has 1 aliphatic heterocycles. The first-order valence-corrected chi connectivity index (χ1v) is 8.82. The maximum absolute atomic E-state index is 10.3. The lowest BCUT2D eigenvalue weighted by molar-refractivity contribution is -0.873. The van der Waals surface area contributed by atoms with Crippen molar-refractivity contribution < 1.29 is 31.5 Å². The third-order valence-corrected chi connectivity index (χ3v) is 5.26. The van der Waals surface area contributed by atoms with Crippen LogP contribution < -0.4 is 12.4 Å². The van der Waals surface area contributed by atoms with Gasteiger partial charge in [0.1, 0.15) is 12.6 Å². The minimum Gasteiger partial charge on any atom is -1.00 e. The summed E-state index contributed by atoms with van der Waals surface area (Å²) >= 11 is 0. The second-order valence-electron chi connectivity index (χ2n) is 8.16. The Hall–Kier alpha value is 0.130. The second-order valence-corrected chi connectivity index (χ2v) is 8.16. The summed E-state index contributed by atoms with van der Waals surface area (Å²) in [6, 6.07) is 0. The van der Waals surface area contributed by atoms with Crippen molar-refractivity contribution in [1.82, 2.24) is 0 Å². The van der Waals surface area contributed by atoms with E-state index < -0.39 is 0 Å². The Morgan fingerprint density at radius 2 is 1.74 bits per heavy atom. The number of methoxy groups -OCH3 is 1. The number of aliphatic hydroxyl groups excluding tert-OH is 1. The van der Waals surface area contributed by atoms with Crippen molar-refractivity contribution in [1.29, 1.82) is 0 Å². The molecule has 0 amide bonds. The van der Waals surface area contributed by atoms with Gasteiger partial charge in [-0.15, -0.1) is 0 Å². The maximum Gasteiger partial charge on any atom is 0.104 e. The summed E-state index contributed by atoms with van der Waals surface area (Å²) in [5.41, 5.74) is 0. The number of hydrogen-bond donors (Lipinski definition) is 1. The lowest BCUT2D eigenvalue weighted by Gasteiger charge is -2.45. The quantitative estimate of drug-likeness (QED) is 0.602. The Labute approximate surface area is 149 Å². The van der Waals surface area contributed by atoms with Crippen LogP contribution in [0.15, 0.2) is 0 Å². The summed E-state index contributed by atoms with van der Waals surface area (Å²) in [6.07, 6.45) is 3.08. The molecular formula is C18H38ClNO3. The van der Waals surface area contributed by atoms with Crippen molar-refractivity contribution in [3.8, 4) is 0 Å². The van der Waals surface area contributed by atoms with Crippen molar-refractivity contribution in [2.45, 2.75) is 58.3 Å². The molecule has 0 spiro atoms. The molecule has 1 saturated heterocycles. The molecule has 1 aliphatic rings. The van der Waals surface area contributed by atoms with Crippen LogP contribution in [0, 0.1) is 17.8 Å².